The van der Waals surface area contributed by atoms with Crippen molar-refractivity contribution in [2.24, 2.45) is 0 Å². The van der Waals surface area contributed by atoms with Gasteiger partial charge in [-0.1, -0.05) is 180 Å². The molecule has 1 amide bonds. The molecule has 0 aromatic heterocycles. The number of aliphatic hydroxyl groups is 1. The Balaban J connectivity index is 4.34. The second-order valence-corrected chi connectivity index (χ2v) is 17.2. The molecule has 3 atom stereocenters. The van der Waals surface area contributed by atoms with Crippen molar-refractivity contribution >= 4 is 13.7 Å². The molecule has 0 spiro atoms. The van der Waals surface area contributed by atoms with Gasteiger partial charge in [-0.25, -0.2) is 4.57 Å². The van der Waals surface area contributed by atoms with Gasteiger partial charge in [0.2, 0.25) is 5.91 Å². The molecule has 0 radical (unpaired) electrons. The van der Waals surface area contributed by atoms with Crippen LogP contribution in [0.4, 0.5) is 0 Å². The van der Waals surface area contributed by atoms with E-state index < -0.39 is 20.0 Å². The summed E-state index contributed by atoms with van der Waals surface area (Å²) in [6.45, 7) is 4.80. The largest absolute Gasteiger partial charge is 0.472 e. The third-order valence-corrected chi connectivity index (χ3v) is 10.5. The summed E-state index contributed by atoms with van der Waals surface area (Å²) < 4.78 is 23.5. The average molecular weight is 732 g/mol. The SMILES string of the molecule is CCCCCCCCCC/C=C/C(O)C(COP(=O)(O)OCC[N+](C)(C)C)NC(=O)CCCCCCCCCCCCCCCCCCCC. The van der Waals surface area contributed by atoms with Crippen molar-refractivity contribution in [1.29, 1.82) is 0 Å². The maximum Gasteiger partial charge on any atom is 0.472 e. The van der Waals surface area contributed by atoms with Gasteiger partial charge in [0.1, 0.15) is 13.2 Å². The van der Waals surface area contributed by atoms with Crippen molar-refractivity contribution < 1.29 is 32.9 Å². The molecule has 8 nitrogen and oxygen atoms in total. The van der Waals surface area contributed by atoms with Gasteiger partial charge in [-0.05, 0) is 19.3 Å². The molecule has 0 aromatic carbocycles. The van der Waals surface area contributed by atoms with Gasteiger partial charge >= 0.3 is 7.82 Å². The Morgan fingerprint density at radius 1 is 0.660 bits per heavy atom. The minimum Gasteiger partial charge on any atom is -0.387 e. The smallest absolute Gasteiger partial charge is 0.387 e. The summed E-state index contributed by atoms with van der Waals surface area (Å²) in [6, 6.07) is -0.838. The van der Waals surface area contributed by atoms with Crippen LogP contribution in [0.1, 0.15) is 194 Å². The van der Waals surface area contributed by atoms with E-state index in [1.54, 1.807) is 6.08 Å². The summed E-state index contributed by atoms with van der Waals surface area (Å²) in [6.07, 6.45) is 37.0. The Morgan fingerprint density at radius 2 is 1.06 bits per heavy atom. The summed E-state index contributed by atoms with van der Waals surface area (Å²) in [4.78, 5) is 23.0. The molecule has 0 saturated carbocycles. The topological polar surface area (TPSA) is 105 Å². The zero-order valence-corrected chi connectivity index (χ0v) is 34.5. The molecule has 0 saturated heterocycles. The van der Waals surface area contributed by atoms with E-state index in [0.717, 1.165) is 38.5 Å². The first-order chi connectivity index (χ1) is 24.0. The molecular formula is C41H84N2O6P+. The predicted molar refractivity (Wildman–Crippen MR) is 212 cm³/mol. The summed E-state index contributed by atoms with van der Waals surface area (Å²) in [7, 11) is 1.58. The predicted octanol–water partition coefficient (Wildman–Crippen LogP) is 11.2. The number of hydrogen-bond acceptors (Lipinski definition) is 5. The molecule has 0 aliphatic rings. The van der Waals surface area contributed by atoms with Crippen molar-refractivity contribution in [2.75, 3.05) is 40.9 Å². The van der Waals surface area contributed by atoms with Gasteiger partial charge in [-0.2, -0.15) is 0 Å². The van der Waals surface area contributed by atoms with Crippen LogP contribution in [0.15, 0.2) is 12.2 Å². The Morgan fingerprint density at radius 3 is 1.48 bits per heavy atom. The number of likely N-dealkylation sites (N-methyl/N-ethyl adjacent to an activating group) is 1. The van der Waals surface area contributed by atoms with Crippen LogP contribution in [0.25, 0.3) is 0 Å². The number of quaternary nitrogens is 1. The maximum absolute atomic E-state index is 12.8. The first-order valence-corrected chi connectivity index (χ1v) is 22.6. The summed E-state index contributed by atoms with van der Waals surface area (Å²) in [5.41, 5.74) is 0. The number of phosphoric acid groups is 1. The summed E-state index contributed by atoms with van der Waals surface area (Å²) in [5.74, 6) is -0.177. The van der Waals surface area contributed by atoms with E-state index in [4.69, 9.17) is 9.05 Å². The monoisotopic (exact) mass is 732 g/mol. The van der Waals surface area contributed by atoms with Crippen LogP contribution in [0, 0.1) is 0 Å². The normalized spacial score (nSPS) is 14.6. The van der Waals surface area contributed by atoms with Gasteiger partial charge in [0.15, 0.2) is 0 Å². The van der Waals surface area contributed by atoms with Gasteiger partial charge in [0.05, 0.1) is 39.9 Å². The molecule has 0 bridgehead atoms. The maximum atomic E-state index is 12.8. The number of phosphoric ester groups is 1. The first-order valence-electron chi connectivity index (χ1n) is 21.1. The lowest BCUT2D eigenvalue weighted by Gasteiger charge is -2.25. The van der Waals surface area contributed by atoms with Gasteiger partial charge in [-0.3, -0.25) is 13.8 Å². The van der Waals surface area contributed by atoms with Crippen LogP contribution in [-0.2, 0) is 18.4 Å². The van der Waals surface area contributed by atoms with Crippen LogP contribution in [0.5, 0.6) is 0 Å². The van der Waals surface area contributed by atoms with Crippen molar-refractivity contribution in [3.63, 3.8) is 0 Å². The number of hydrogen-bond donors (Lipinski definition) is 3. The molecular weight excluding hydrogens is 647 g/mol. The van der Waals surface area contributed by atoms with Crippen molar-refractivity contribution in [2.45, 2.75) is 206 Å². The molecule has 298 valence electrons. The number of allylic oxidation sites excluding steroid dienone is 1. The molecule has 0 aliphatic heterocycles. The second-order valence-electron chi connectivity index (χ2n) is 15.7. The zero-order valence-electron chi connectivity index (χ0n) is 33.7. The Labute approximate surface area is 310 Å². The van der Waals surface area contributed by atoms with E-state index in [0.29, 0.717) is 17.4 Å². The highest BCUT2D eigenvalue weighted by Crippen LogP contribution is 2.43. The molecule has 9 heteroatoms. The van der Waals surface area contributed by atoms with Gasteiger partial charge in [0.25, 0.3) is 0 Å². The van der Waals surface area contributed by atoms with Crippen LogP contribution in [-0.4, -0.2) is 73.4 Å². The number of nitrogens with zero attached hydrogens (tertiary/aromatic N) is 1. The van der Waals surface area contributed by atoms with E-state index in [-0.39, 0.29) is 19.1 Å². The fourth-order valence-corrected chi connectivity index (χ4v) is 6.84. The fraction of sp³-hybridized carbons (Fsp3) is 0.927. The number of unbranched alkanes of at least 4 members (excludes halogenated alkanes) is 25. The van der Waals surface area contributed by atoms with Gasteiger partial charge in [0, 0.05) is 6.42 Å². The number of rotatable bonds is 38. The van der Waals surface area contributed by atoms with Gasteiger partial charge < -0.3 is 19.8 Å². The molecule has 0 aromatic rings. The standard InChI is InChI=1S/C41H83N2O6P/c1-6-8-10-12-14-16-18-19-20-21-22-23-24-25-27-29-31-33-35-41(45)42-39(38-49-50(46,47)48-37-36-43(3,4)5)40(44)34-32-30-28-26-17-15-13-11-9-7-2/h32,34,39-40,44H,6-31,33,35-38H2,1-5H3,(H-,42,45,46,47)/p+1/b34-32+. The Kier molecular flexibility index (Phi) is 33.5. The quantitative estimate of drug-likeness (QED) is 0.0253. The highest BCUT2D eigenvalue weighted by Gasteiger charge is 2.27. The molecule has 0 heterocycles. The lowest BCUT2D eigenvalue weighted by Crippen LogP contribution is -2.45. The Hall–Kier alpha value is -0.760. The second kappa shape index (κ2) is 34.0. The summed E-state index contributed by atoms with van der Waals surface area (Å²) >= 11 is 0. The van der Waals surface area contributed by atoms with E-state index in [1.807, 2.05) is 27.2 Å². The van der Waals surface area contributed by atoms with Crippen molar-refractivity contribution in [3.8, 4) is 0 Å². The minimum atomic E-state index is -4.32. The molecule has 50 heavy (non-hydrogen) atoms. The highest BCUT2D eigenvalue weighted by molar-refractivity contribution is 7.47. The number of carbonyl (C=O) groups excluding carboxylic acids is 1. The average Bonchev–Trinajstić information content (AvgIpc) is 3.06. The molecule has 3 unspecified atom stereocenters. The fourth-order valence-electron chi connectivity index (χ4n) is 6.10. The number of carbonyl (C=O) groups is 1. The van der Waals surface area contributed by atoms with Crippen LogP contribution in [0.2, 0.25) is 0 Å². The third-order valence-electron chi connectivity index (χ3n) is 9.51. The Bertz CT molecular complexity index is 834. The van der Waals surface area contributed by atoms with E-state index in [2.05, 4.69) is 19.2 Å². The number of amides is 1. The van der Waals surface area contributed by atoms with Crippen molar-refractivity contribution in [3.05, 3.63) is 12.2 Å². The van der Waals surface area contributed by atoms with E-state index in [9.17, 15) is 19.4 Å². The van der Waals surface area contributed by atoms with Crippen LogP contribution in [0.3, 0.4) is 0 Å². The van der Waals surface area contributed by atoms with Crippen LogP contribution >= 0.6 is 7.82 Å². The van der Waals surface area contributed by atoms with E-state index in [1.165, 1.54) is 135 Å². The van der Waals surface area contributed by atoms with Crippen LogP contribution < -0.4 is 5.32 Å². The molecule has 0 rings (SSSR count). The molecule has 0 aliphatic carbocycles. The molecule has 3 N–H and O–H groups in total. The first kappa shape index (κ1) is 49.2. The lowest BCUT2D eigenvalue weighted by molar-refractivity contribution is -0.870. The minimum absolute atomic E-state index is 0.0642. The van der Waals surface area contributed by atoms with Crippen molar-refractivity contribution in [1.82, 2.24) is 5.32 Å². The zero-order chi connectivity index (χ0) is 37.2. The van der Waals surface area contributed by atoms with E-state index >= 15 is 0 Å². The number of nitrogens with one attached hydrogen (secondary N) is 1. The third kappa shape index (κ3) is 35.6. The van der Waals surface area contributed by atoms with Gasteiger partial charge in [-0.15, -0.1) is 0 Å². The summed E-state index contributed by atoms with van der Waals surface area (Å²) in [5, 5.41) is 13.7. The lowest BCUT2D eigenvalue weighted by atomic mass is 10.0. The highest BCUT2D eigenvalue weighted by atomic mass is 31.2. The molecule has 0 fully saturated rings. The number of aliphatic hydroxyl groups excluding tert-OH is 1.